The van der Waals surface area contributed by atoms with Gasteiger partial charge in [0, 0.05) is 6.04 Å². The van der Waals surface area contributed by atoms with E-state index >= 15 is 0 Å². The van der Waals surface area contributed by atoms with Gasteiger partial charge in [0.25, 0.3) is 0 Å². The number of rotatable bonds is 6. The van der Waals surface area contributed by atoms with E-state index in [9.17, 15) is 4.79 Å². The maximum Gasteiger partial charge on any atom is 0.307 e. The lowest BCUT2D eigenvalue weighted by atomic mass is 10.1. The van der Waals surface area contributed by atoms with Crippen molar-refractivity contribution in [3.63, 3.8) is 0 Å². The summed E-state index contributed by atoms with van der Waals surface area (Å²) in [5.74, 6) is -0.180. The molecule has 0 radical (unpaired) electrons. The molecule has 0 rings (SSSR count). The molecule has 0 unspecified atom stereocenters. The second-order valence-corrected chi connectivity index (χ2v) is 2.91. The lowest BCUT2D eigenvalue weighted by Gasteiger charge is -2.09. The Morgan fingerprint density at radius 1 is 1.50 bits per heavy atom. The van der Waals surface area contributed by atoms with Crippen LogP contribution in [0.2, 0.25) is 0 Å². The molecule has 0 aliphatic rings. The highest BCUT2D eigenvalue weighted by molar-refractivity contribution is 5.70. The van der Waals surface area contributed by atoms with Crippen LogP contribution in [0.3, 0.4) is 0 Å². The number of carbonyl (C=O) groups is 1. The second-order valence-electron chi connectivity index (χ2n) is 2.91. The summed E-state index contributed by atoms with van der Waals surface area (Å²) in [5.41, 5.74) is 5.69. The summed E-state index contributed by atoms with van der Waals surface area (Å²) < 4.78 is 4.77. The first-order chi connectivity index (χ1) is 5.70. The number of unbranched alkanes of at least 4 members (excludes halogenated alkanes) is 1. The first kappa shape index (κ1) is 11.4. The van der Waals surface area contributed by atoms with Crippen molar-refractivity contribution in [1.29, 1.82) is 0 Å². The Labute approximate surface area is 74.3 Å². The van der Waals surface area contributed by atoms with Crippen LogP contribution in [0.1, 0.15) is 39.5 Å². The Bertz CT molecular complexity index is 126. The molecule has 0 heterocycles. The van der Waals surface area contributed by atoms with Gasteiger partial charge in [0.05, 0.1) is 13.0 Å². The van der Waals surface area contributed by atoms with Crippen LogP contribution < -0.4 is 5.73 Å². The zero-order chi connectivity index (χ0) is 9.40. The van der Waals surface area contributed by atoms with E-state index in [2.05, 4.69) is 6.92 Å². The maximum absolute atomic E-state index is 10.9. The van der Waals surface area contributed by atoms with Crippen molar-refractivity contribution in [3.05, 3.63) is 0 Å². The molecule has 0 saturated heterocycles. The molecule has 0 fully saturated rings. The van der Waals surface area contributed by atoms with Gasteiger partial charge in [-0.05, 0) is 13.3 Å². The van der Waals surface area contributed by atoms with Gasteiger partial charge >= 0.3 is 5.97 Å². The van der Waals surface area contributed by atoms with Gasteiger partial charge in [-0.2, -0.15) is 0 Å². The molecule has 12 heavy (non-hydrogen) atoms. The van der Waals surface area contributed by atoms with Crippen LogP contribution in [0.15, 0.2) is 0 Å². The Kier molecular flexibility index (Phi) is 6.76. The molecule has 0 aliphatic heterocycles. The summed E-state index contributed by atoms with van der Waals surface area (Å²) in [6, 6.07) is -0.0241. The molecule has 2 N–H and O–H groups in total. The summed E-state index contributed by atoms with van der Waals surface area (Å²) in [6.07, 6.45) is 3.47. The van der Waals surface area contributed by atoms with Gasteiger partial charge in [-0.15, -0.1) is 0 Å². The third-order valence-electron chi connectivity index (χ3n) is 1.66. The Hall–Kier alpha value is -0.570. The second kappa shape index (κ2) is 7.10. The molecule has 0 saturated carbocycles. The van der Waals surface area contributed by atoms with Crippen molar-refractivity contribution in [2.75, 3.05) is 6.61 Å². The van der Waals surface area contributed by atoms with Crippen LogP contribution in [0.5, 0.6) is 0 Å². The highest BCUT2D eigenvalue weighted by Crippen LogP contribution is 2.02. The fourth-order valence-electron chi connectivity index (χ4n) is 1.00. The number of hydrogen-bond acceptors (Lipinski definition) is 3. The van der Waals surface area contributed by atoms with Crippen LogP contribution in [-0.2, 0) is 9.53 Å². The average molecular weight is 173 g/mol. The minimum Gasteiger partial charge on any atom is -0.466 e. The number of hydrogen-bond donors (Lipinski definition) is 1. The fraction of sp³-hybridized carbons (Fsp3) is 0.889. The third-order valence-corrected chi connectivity index (χ3v) is 1.66. The minimum absolute atomic E-state index is 0.0241. The van der Waals surface area contributed by atoms with E-state index in [1.807, 2.05) is 0 Å². The molecule has 72 valence electrons. The molecule has 1 atom stereocenters. The summed E-state index contributed by atoms with van der Waals surface area (Å²) in [6.45, 7) is 4.35. The van der Waals surface area contributed by atoms with Crippen LogP contribution in [-0.4, -0.2) is 18.6 Å². The average Bonchev–Trinajstić information content (AvgIpc) is 2.01. The number of carbonyl (C=O) groups excluding carboxylic acids is 1. The predicted octanol–water partition coefficient (Wildman–Crippen LogP) is 1.46. The zero-order valence-electron chi connectivity index (χ0n) is 8.01. The molecule has 0 bridgehead atoms. The van der Waals surface area contributed by atoms with Gasteiger partial charge in [0.2, 0.25) is 0 Å². The Morgan fingerprint density at radius 2 is 2.17 bits per heavy atom. The summed E-state index contributed by atoms with van der Waals surface area (Å²) in [5, 5.41) is 0. The van der Waals surface area contributed by atoms with Gasteiger partial charge in [-0.25, -0.2) is 0 Å². The SMILES string of the molecule is CCCC[C@@H](N)CC(=O)OCC. The van der Waals surface area contributed by atoms with Crippen molar-refractivity contribution < 1.29 is 9.53 Å². The smallest absolute Gasteiger partial charge is 0.307 e. The standard InChI is InChI=1S/C9H19NO2/c1-3-5-6-8(10)7-9(11)12-4-2/h8H,3-7,10H2,1-2H3/t8-/m1/s1. The normalized spacial score (nSPS) is 12.6. The van der Waals surface area contributed by atoms with Crippen LogP contribution in [0.25, 0.3) is 0 Å². The molecular weight excluding hydrogens is 154 g/mol. The lowest BCUT2D eigenvalue weighted by Crippen LogP contribution is -2.24. The first-order valence-electron chi connectivity index (χ1n) is 4.61. The molecule has 0 aromatic rings. The molecule has 0 aliphatic carbocycles. The Balaban J connectivity index is 3.40. The molecule has 0 aromatic heterocycles. The number of ether oxygens (including phenoxy) is 1. The summed E-state index contributed by atoms with van der Waals surface area (Å²) in [7, 11) is 0. The van der Waals surface area contributed by atoms with Crippen molar-refractivity contribution in [3.8, 4) is 0 Å². The van der Waals surface area contributed by atoms with E-state index in [4.69, 9.17) is 10.5 Å². The van der Waals surface area contributed by atoms with Crippen LogP contribution >= 0.6 is 0 Å². The molecule has 3 nitrogen and oxygen atoms in total. The number of esters is 1. The fourth-order valence-corrected chi connectivity index (χ4v) is 1.00. The largest absolute Gasteiger partial charge is 0.466 e. The van der Waals surface area contributed by atoms with E-state index in [1.54, 1.807) is 6.92 Å². The van der Waals surface area contributed by atoms with Gasteiger partial charge in [0.15, 0.2) is 0 Å². The van der Waals surface area contributed by atoms with Crippen LogP contribution in [0.4, 0.5) is 0 Å². The van der Waals surface area contributed by atoms with E-state index in [0.29, 0.717) is 13.0 Å². The molecule has 0 amide bonds. The highest BCUT2D eigenvalue weighted by Gasteiger charge is 2.08. The van der Waals surface area contributed by atoms with Crippen LogP contribution in [0, 0.1) is 0 Å². The highest BCUT2D eigenvalue weighted by atomic mass is 16.5. The molecule has 0 spiro atoms. The lowest BCUT2D eigenvalue weighted by molar-refractivity contribution is -0.143. The summed E-state index contributed by atoms with van der Waals surface area (Å²) >= 11 is 0. The third kappa shape index (κ3) is 6.16. The molecular formula is C9H19NO2. The van der Waals surface area contributed by atoms with E-state index in [0.717, 1.165) is 19.3 Å². The minimum atomic E-state index is -0.180. The van der Waals surface area contributed by atoms with Gasteiger partial charge < -0.3 is 10.5 Å². The first-order valence-corrected chi connectivity index (χ1v) is 4.61. The topological polar surface area (TPSA) is 52.3 Å². The van der Waals surface area contributed by atoms with Gasteiger partial charge in [-0.3, -0.25) is 4.79 Å². The molecule has 3 heteroatoms. The van der Waals surface area contributed by atoms with Crippen molar-refractivity contribution in [1.82, 2.24) is 0 Å². The zero-order valence-corrected chi connectivity index (χ0v) is 8.01. The molecule has 0 aromatic carbocycles. The van der Waals surface area contributed by atoms with Crippen molar-refractivity contribution >= 4 is 5.97 Å². The van der Waals surface area contributed by atoms with Crippen molar-refractivity contribution in [2.24, 2.45) is 5.73 Å². The summed E-state index contributed by atoms with van der Waals surface area (Å²) in [4.78, 5) is 10.9. The van der Waals surface area contributed by atoms with E-state index in [1.165, 1.54) is 0 Å². The van der Waals surface area contributed by atoms with Gasteiger partial charge in [-0.1, -0.05) is 19.8 Å². The number of nitrogens with two attached hydrogens (primary N) is 1. The Morgan fingerprint density at radius 3 is 2.67 bits per heavy atom. The van der Waals surface area contributed by atoms with E-state index < -0.39 is 0 Å². The van der Waals surface area contributed by atoms with E-state index in [-0.39, 0.29) is 12.0 Å². The quantitative estimate of drug-likeness (QED) is 0.619. The van der Waals surface area contributed by atoms with Gasteiger partial charge in [0.1, 0.15) is 0 Å². The maximum atomic E-state index is 10.9. The predicted molar refractivity (Wildman–Crippen MR) is 48.8 cm³/mol. The van der Waals surface area contributed by atoms with Crippen molar-refractivity contribution in [2.45, 2.75) is 45.6 Å². The monoisotopic (exact) mass is 173 g/mol.